The lowest BCUT2D eigenvalue weighted by atomic mass is 10.1. The first kappa shape index (κ1) is 16.9. The molecule has 0 radical (unpaired) electrons. The van der Waals surface area contributed by atoms with Gasteiger partial charge in [0.25, 0.3) is 5.91 Å². The van der Waals surface area contributed by atoms with Gasteiger partial charge in [-0.1, -0.05) is 34.1 Å². The van der Waals surface area contributed by atoms with E-state index in [-0.39, 0.29) is 18.5 Å². The van der Waals surface area contributed by atoms with E-state index in [1.807, 2.05) is 42.5 Å². The number of anilines is 1. The van der Waals surface area contributed by atoms with Gasteiger partial charge in [-0.25, -0.2) is 4.79 Å². The monoisotopic (exact) mass is 416 g/mol. The highest BCUT2D eigenvalue weighted by Crippen LogP contribution is 2.37. The van der Waals surface area contributed by atoms with Gasteiger partial charge in [-0.15, -0.1) is 0 Å². The number of hydrogen-bond donors (Lipinski definition) is 0. The first-order chi connectivity index (χ1) is 12.6. The van der Waals surface area contributed by atoms with Crippen molar-refractivity contribution in [2.24, 2.45) is 0 Å². The van der Waals surface area contributed by atoms with E-state index in [0.717, 1.165) is 10.0 Å². The number of benzene rings is 2. The molecular weight excluding hydrogens is 400 g/mol. The van der Waals surface area contributed by atoms with Gasteiger partial charge >= 0.3 is 6.03 Å². The van der Waals surface area contributed by atoms with Crippen LogP contribution in [0, 0.1) is 0 Å². The number of rotatable bonds is 3. The highest BCUT2D eigenvalue weighted by Gasteiger charge is 2.43. The summed E-state index contributed by atoms with van der Waals surface area (Å²) in [6.45, 7) is 2.90. The van der Waals surface area contributed by atoms with E-state index in [9.17, 15) is 9.59 Å². The molecule has 26 heavy (non-hydrogen) atoms. The molecule has 1 atom stereocenters. The fourth-order valence-electron chi connectivity index (χ4n) is 3.19. The second-order valence-electron chi connectivity index (χ2n) is 6.18. The number of urea groups is 1. The van der Waals surface area contributed by atoms with Crippen molar-refractivity contribution in [3.8, 4) is 11.5 Å². The Bertz CT molecular complexity index is 871. The van der Waals surface area contributed by atoms with E-state index in [4.69, 9.17) is 9.47 Å². The fourth-order valence-corrected chi connectivity index (χ4v) is 3.64. The summed E-state index contributed by atoms with van der Waals surface area (Å²) in [5, 5.41) is 0. The number of hydrogen-bond acceptors (Lipinski definition) is 4. The van der Waals surface area contributed by atoms with Gasteiger partial charge in [-0.2, -0.15) is 0 Å². The maximum Gasteiger partial charge on any atom is 0.332 e. The molecule has 1 unspecified atom stereocenters. The van der Waals surface area contributed by atoms with E-state index >= 15 is 0 Å². The molecule has 0 aromatic heterocycles. The van der Waals surface area contributed by atoms with Crippen LogP contribution in [0.1, 0.15) is 12.5 Å². The summed E-state index contributed by atoms with van der Waals surface area (Å²) in [6, 6.07) is 12.0. The summed E-state index contributed by atoms with van der Waals surface area (Å²) in [6.07, 6.45) is 0. The smallest absolute Gasteiger partial charge is 0.332 e. The Morgan fingerprint density at radius 1 is 1.08 bits per heavy atom. The number of fused-ring (bicyclic) bond motifs is 1. The minimum Gasteiger partial charge on any atom is -0.486 e. The van der Waals surface area contributed by atoms with Crippen molar-refractivity contribution >= 4 is 33.6 Å². The maximum absolute atomic E-state index is 12.9. The van der Waals surface area contributed by atoms with E-state index < -0.39 is 6.04 Å². The lowest BCUT2D eigenvalue weighted by molar-refractivity contribution is -0.127. The highest BCUT2D eigenvalue weighted by molar-refractivity contribution is 9.10. The van der Waals surface area contributed by atoms with Crippen molar-refractivity contribution in [2.45, 2.75) is 19.5 Å². The minimum atomic E-state index is -0.541. The van der Waals surface area contributed by atoms with Gasteiger partial charge in [0, 0.05) is 10.2 Å². The normalized spacial score (nSPS) is 19.2. The lowest BCUT2D eigenvalue weighted by Gasteiger charge is -2.22. The van der Waals surface area contributed by atoms with Gasteiger partial charge in [0.2, 0.25) is 0 Å². The number of imide groups is 1. The van der Waals surface area contributed by atoms with Crippen molar-refractivity contribution in [2.75, 3.05) is 18.1 Å². The minimum absolute atomic E-state index is 0.169. The van der Waals surface area contributed by atoms with Crippen LogP contribution in [0.2, 0.25) is 0 Å². The van der Waals surface area contributed by atoms with Crippen LogP contribution in [-0.2, 0) is 11.3 Å². The predicted molar refractivity (Wildman–Crippen MR) is 99.5 cm³/mol. The summed E-state index contributed by atoms with van der Waals surface area (Å²) < 4.78 is 11.9. The van der Waals surface area contributed by atoms with Gasteiger partial charge in [-0.3, -0.25) is 14.6 Å². The van der Waals surface area contributed by atoms with Gasteiger partial charge < -0.3 is 9.47 Å². The van der Waals surface area contributed by atoms with Crippen LogP contribution in [0.15, 0.2) is 46.9 Å². The standard InChI is InChI=1S/C19H17BrN2O4/c1-12-18(23)21(19(24)22(12)14-5-3-2-4-6-14)11-13-9-16-17(10-15(13)20)26-8-7-25-16/h2-6,9-10,12H,7-8,11H2,1H3. The zero-order valence-electron chi connectivity index (χ0n) is 14.1. The zero-order valence-corrected chi connectivity index (χ0v) is 15.7. The Morgan fingerprint density at radius 2 is 1.73 bits per heavy atom. The molecule has 2 aliphatic heterocycles. The average molecular weight is 417 g/mol. The molecule has 134 valence electrons. The Hall–Kier alpha value is -2.54. The number of carbonyl (C=O) groups is 2. The van der Waals surface area contributed by atoms with Gasteiger partial charge in [-0.05, 0) is 36.8 Å². The largest absolute Gasteiger partial charge is 0.486 e. The van der Waals surface area contributed by atoms with Crippen molar-refractivity contribution in [3.05, 3.63) is 52.5 Å². The molecule has 0 N–H and O–H groups in total. The fraction of sp³-hybridized carbons (Fsp3) is 0.263. The van der Waals surface area contributed by atoms with Crippen LogP contribution in [-0.4, -0.2) is 36.1 Å². The average Bonchev–Trinajstić information content (AvgIpc) is 2.86. The first-order valence-corrected chi connectivity index (χ1v) is 9.13. The van der Waals surface area contributed by atoms with E-state index in [1.54, 1.807) is 6.92 Å². The molecule has 0 spiro atoms. The third-order valence-electron chi connectivity index (χ3n) is 4.52. The summed E-state index contributed by atoms with van der Waals surface area (Å²) in [5.74, 6) is 1.06. The lowest BCUT2D eigenvalue weighted by Crippen LogP contribution is -2.33. The molecule has 1 fully saturated rings. The number of nitrogens with zero attached hydrogens (tertiary/aromatic N) is 2. The summed E-state index contributed by atoms with van der Waals surface area (Å²) in [4.78, 5) is 28.4. The first-order valence-electron chi connectivity index (χ1n) is 8.34. The number of ether oxygens (including phenoxy) is 2. The van der Waals surface area contributed by atoms with Crippen molar-refractivity contribution < 1.29 is 19.1 Å². The summed E-state index contributed by atoms with van der Waals surface area (Å²) in [5.41, 5.74) is 1.50. The molecule has 6 nitrogen and oxygen atoms in total. The third-order valence-corrected chi connectivity index (χ3v) is 5.26. The summed E-state index contributed by atoms with van der Waals surface area (Å²) in [7, 11) is 0. The van der Waals surface area contributed by atoms with Crippen molar-refractivity contribution in [1.29, 1.82) is 0 Å². The third kappa shape index (κ3) is 2.82. The molecule has 2 aromatic rings. The number of halogens is 1. The second kappa shape index (κ2) is 6.64. The van der Waals surface area contributed by atoms with Crippen LogP contribution in [0.25, 0.3) is 0 Å². The maximum atomic E-state index is 12.9. The number of para-hydroxylation sites is 1. The van der Waals surface area contributed by atoms with Crippen molar-refractivity contribution in [3.63, 3.8) is 0 Å². The van der Waals surface area contributed by atoms with E-state index in [0.29, 0.717) is 30.4 Å². The molecule has 7 heteroatoms. The number of amides is 3. The van der Waals surface area contributed by atoms with Gasteiger partial charge in [0.15, 0.2) is 11.5 Å². The van der Waals surface area contributed by atoms with E-state index in [1.165, 1.54) is 9.80 Å². The molecule has 3 amide bonds. The number of carbonyl (C=O) groups excluding carboxylic acids is 2. The molecule has 4 rings (SSSR count). The van der Waals surface area contributed by atoms with Gasteiger partial charge in [0.1, 0.15) is 19.3 Å². The predicted octanol–water partition coefficient (Wildman–Crippen LogP) is 3.58. The Morgan fingerprint density at radius 3 is 2.42 bits per heavy atom. The van der Waals surface area contributed by atoms with Crippen molar-refractivity contribution in [1.82, 2.24) is 4.90 Å². The quantitative estimate of drug-likeness (QED) is 0.717. The Labute approximate surface area is 159 Å². The van der Waals surface area contributed by atoms with Crippen LogP contribution in [0.3, 0.4) is 0 Å². The summed E-state index contributed by atoms with van der Waals surface area (Å²) >= 11 is 3.50. The molecule has 2 aromatic carbocycles. The topological polar surface area (TPSA) is 59.1 Å². The highest BCUT2D eigenvalue weighted by atomic mass is 79.9. The molecule has 1 saturated heterocycles. The molecule has 2 heterocycles. The molecule has 0 bridgehead atoms. The SMILES string of the molecule is CC1C(=O)N(Cc2cc3c(cc2Br)OCCO3)C(=O)N1c1ccccc1. The van der Waals surface area contributed by atoms with Crippen LogP contribution < -0.4 is 14.4 Å². The molecule has 0 aliphatic carbocycles. The van der Waals surface area contributed by atoms with Crippen LogP contribution in [0.5, 0.6) is 11.5 Å². The molecule has 2 aliphatic rings. The zero-order chi connectivity index (χ0) is 18.3. The molecular formula is C19H17BrN2O4. The second-order valence-corrected chi connectivity index (χ2v) is 7.03. The van der Waals surface area contributed by atoms with Crippen LogP contribution in [0.4, 0.5) is 10.5 Å². The van der Waals surface area contributed by atoms with E-state index in [2.05, 4.69) is 15.9 Å². The van der Waals surface area contributed by atoms with Gasteiger partial charge in [0.05, 0.1) is 6.54 Å². The Balaban J connectivity index is 1.62. The molecule has 0 saturated carbocycles. The van der Waals surface area contributed by atoms with Crippen LogP contribution >= 0.6 is 15.9 Å². The Kier molecular flexibility index (Phi) is 4.32.